The minimum absolute atomic E-state index is 0.147. The molecule has 0 bridgehead atoms. The molecular formula is C28H30N2O6. The smallest absolute Gasteiger partial charge is 0.336 e. The van der Waals surface area contributed by atoms with Gasteiger partial charge in [-0.2, -0.15) is 0 Å². The summed E-state index contributed by atoms with van der Waals surface area (Å²) in [5.74, 6) is -3.20. The van der Waals surface area contributed by atoms with Gasteiger partial charge in [-0.1, -0.05) is 18.2 Å². The van der Waals surface area contributed by atoms with Crippen LogP contribution in [0.5, 0.6) is 5.75 Å². The van der Waals surface area contributed by atoms with Crippen molar-refractivity contribution >= 4 is 17.7 Å². The van der Waals surface area contributed by atoms with Crippen LogP contribution in [0.1, 0.15) is 50.3 Å². The molecule has 1 aliphatic heterocycles. The predicted octanol–water partition coefficient (Wildman–Crippen LogP) is 3.80. The van der Waals surface area contributed by atoms with E-state index in [0.29, 0.717) is 40.4 Å². The van der Waals surface area contributed by atoms with Gasteiger partial charge in [0.1, 0.15) is 11.7 Å². The van der Waals surface area contributed by atoms with Crippen molar-refractivity contribution in [2.45, 2.75) is 39.0 Å². The van der Waals surface area contributed by atoms with Gasteiger partial charge in [0, 0.05) is 29.1 Å². The number of pyridine rings is 1. The number of rotatable bonds is 7. The number of nitrogens with one attached hydrogen (secondary N) is 1. The molecule has 1 N–H and O–H groups in total. The van der Waals surface area contributed by atoms with Crippen LogP contribution >= 0.6 is 0 Å². The lowest BCUT2D eigenvalue weighted by Crippen LogP contribution is -2.43. The van der Waals surface area contributed by atoms with Crippen LogP contribution in [-0.2, 0) is 23.9 Å². The van der Waals surface area contributed by atoms with E-state index in [4.69, 9.17) is 14.2 Å². The second kappa shape index (κ2) is 10.8. The molecule has 2 aromatic rings. The Morgan fingerprint density at radius 2 is 1.86 bits per heavy atom. The molecule has 1 aromatic heterocycles. The Morgan fingerprint density at radius 1 is 1.08 bits per heavy atom. The number of hydrogen-bond acceptors (Lipinski definition) is 8. The maximum absolute atomic E-state index is 14.2. The number of allylic oxidation sites excluding steroid dienone is 3. The zero-order valence-electron chi connectivity index (χ0n) is 20.9. The lowest BCUT2D eigenvalue weighted by molar-refractivity contribution is -0.152. The van der Waals surface area contributed by atoms with Crippen molar-refractivity contribution in [2.75, 3.05) is 20.3 Å². The lowest BCUT2D eigenvalue weighted by Gasteiger charge is -2.39. The first-order chi connectivity index (χ1) is 17.4. The van der Waals surface area contributed by atoms with Gasteiger partial charge in [-0.05, 0) is 57.0 Å². The summed E-state index contributed by atoms with van der Waals surface area (Å²) < 4.78 is 16.1. The van der Waals surface area contributed by atoms with Crippen molar-refractivity contribution in [3.05, 3.63) is 82.5 Å². The summed E-state index contributed by atoms with van der Waals surface area (Å²) >= 11 is 0. The molecule has 36 heavy (non-hydrogen) atoms. The third-order valence-electron chi connectivity index (χ3n) is 6.56. The Morgan fingerprint density at radius 3 is 2.53 bits per heavy atom. The van der Waals surface area contributed by atoms with E-state index in [1.54, 1.807) is 52.3 Å². The number of Topliss-reactive ketones (excluding diaryl/α,β-unsaturated/α-hetero) is 1. The molecule has 0 spiro atoms. The van der Waals surface area contributed by atoms with E-state index in [-0.39, 0.29) is 19.0 Å². The van der Waals surface area contributed by atoms with E-state index in [1.807, 2.05) is 24.3 Å². The van der Waals surface area contributed by atoms with E-state index in [0.717, 1.165) is 5.56 Å². The summed E-state index contributed by atoms with van der Waals surface area (Å²) in [5.41, 5.74) is 3.24. The quantitative estimate of drug-likeness (QED) is 0.462. The fraction of sp³-hybridized carbons (Fsp3) is 0.357. The third-order valence-corrected chi connectivity index (χ3v) is 6.56. The summed E-state index contributed by atoms with van der Waals surface area (Å²) in [4.78, 5) is 44.9. The first-order valence-corrected chi connectivity index (χ1v) is 12.0. The average Bonchev–Trinajstić information content (AvgIpc) is 2.88. The molecule has 188 valence electrons. The summed E-state index contributed by atoms with van der Waals surface area (Å²) in [6, 6.07) is 12.7. The molecule has 3 atom stereocenters. The molecule has 2 heterocycles. The number of carbonyl (C=O) groups excluding carboxylic acids is 3. The molecule has 8 nitrogen and oxygen atoms in total. The Kier molecular flexibility index (Phi) is 7.52. The van der Waals surface area contributed by atoms with Gasteiger partial charge in [-0.25, -0.2) is 4.79 Å². The van der Waals surface area contributed by atoms with E-state index in [2.05, 4.69) is 10.3 Å². The maximum atomic E-state index is 14.2. The summed E-state index contributed by atoms with van der Waals surface area (Å²) in [7, 11) is 1.57. The van der Waals surface area contributed by atoms with Crippen molar-refractivity contribution in [1.82, 2.24) is 10.3 Å². The van der Waals surface area contributed by atoms with Crippen LogP contribution in [-0.4, -0.2) is 43.0 Å². The number of esters is 2. The second-order valence-electron chi connectivity index (χ2n) is 8.65. The molecule has 0 unspecified atom stereocenters. The highest BCUT2D eigenvalue weighted by atomic mass is 16.5. The molecule has 1 aliphatic carbocycles. The minimum Gasteiger partial charge on any atom is -0.497 e. The number of nitrogens with zero attached hydrogens (tertiary/aromatic N) is 1. The van der Waals surface area contributed by atoms with Gasteiger partial charge < -0.3 is 19.5 Å². The Balaban J connectivity index is 1.88. The first-order valence-electron chi connectivity index (χ1n) is 12.0. The number of ketones is 1. The maximum Gasteiger partial charge on any atom is 0.336 e. The standard InChI is InChI=1S/C28H30N2O6/c1-5-35-27(32)22-16(3)30-21-15-19(17-10-9-11-18(14-17)34-4)23(28(33)36-6-2)26(31)25(21)24(22)20-12-7-8-13-29-20/h7-14,19,23-24,30H,5-6,15H2,1-4H3/t19-,23-,24+/m1/s1. The molecule has 4 rings (SSSR count). The van der Waals surface area contributed by atoms with Gasteiger partial charge in [0.25, 0.3) is 0 Å². The topological polar surface area (TPSA) is 104 Å². The number of aromatic nitrogens is 1. The highest BCUT2D eigenvalue weighted by Gasteiger charge is 2.49. The van der Waals surface area contributed by atoms with E-state index >= 15 is 0 Å². The van der Waals surface area contributed by atoms with Crippen molar-refractivity contribution in [2.24, 2.45) is 5.92 Å². The van der Waals surface area contributed by atoms with Crippen molar-refractivity contribution in [1.29, 1.82) is 0 Å². The highest BCUT2D eigenvalue weighted by molar-refractivity contribution is 6.13. The van der Waals surface area contributed by atoms with Crippen LogP contribution in [0.2, 0.25) is 0 Å². The largest absolute Gasteiger partial charge is 0.497 e. The molecule has 0 saturated carbocycles. The van der Waals surface area contributed by atoms with E-state index in [9.17, 15) is 14.4 Å². The summed E-state index contributed by atoms with van der Waals surface area (Å²) in [6.07, 6.45) is 1.99. The Bertz CT molecular complexity index is 1230. The first kappa shape index (κ1) is 25.2. The summed E-state index contributed by atoms with van der Waals surface area (Å²) in [5, 5.41) is 3.28. The highest BCUT2D eigenvalue weighted by Crippen LogP contribution is 2.48. The van der Waals surface area contributed by atoms with Crippen molar-refractivity contribution in [3.63, 3.8) is 0 Å². The second-order valence-corrected chi connectivity index (χ2v) is 8.65. The van der Waals surface area contributed by atoms with Crippen LogP contribution < -0.4 is 10.1 Å². The van der Waals surface area contributed by atoms with Gasteiger partial charge in [-0.3, -0.25) is 14.6 Å². The molecule has 0 amide bonds. The molecule has 0 saturated heterocycles. The van der Waals surface area contributed by atoms with Crippen LogP contribution in [0.3, 0.4) is 0 Å². The molecule has 0 radical (unpaired) electrons. The molecule has 2 aliphatic rings. The number of methoxy groups -OCH3 is 1. The third kappa shape index (κ3) is 4.63. The lowest BCUT2D eigenvalue weighted by atomic mass is 9.67. The fourth-order valence-electron chi connectivity index (χ4n) is 5.04. The average molecular weight is 491 g/mol. The molecular weight excluding hydrogens is 460 g/mol. The van der Waals surface area contributed by atoms with Crippen LogP contribution in [0.25, 0.3) is 0 Å². The number of carbonyl (C=O) groups is 3. The van der Waals surface area contributed by atoms with Gasteiger partial charge in [-0.15, -0.1) is 0 Å². The number of benzene rings is 1. The summed E-state index contributed by atoms with van der Waals surface area (Å²) in [6.45, 7) is 5.56. The van der Waals surface area contributed by atoms with Gasteiger partial charge in [0.15, 0.2) is 5.78 Å². The predicted molar refractivity (Wildman–Crippen MR) is 132 cm³/mol. The Labute approximate surface area is 210 Å². The normalized spacial score (nSPS) is 21.4. The van der Waals surface area contributed by atoms with Gasteiger partial charge >= 0.3 is 11.9 Å². The van der Waals surface area contributed by atoms with E-state index in [1.165, 1.54) is 0 Å². The van der Waals surface area contributed by atoms with Crippen LogP contribution in [0.4, 0.5) is 0 Å². The number of dihydropyridines is 1. The van der Waals surface area contributed by atoms with Gasteiger partial charge in [0.2, 0.25) is 0 Å². The van der Waals surface area contributed by atoms with Gasteiger partial charge in [0.05, 0.1) is 37.5 Å². The van der Waals surface area contributed by atoms with Crippen molar-refractivity contribution < 1.29 is 28.6 Å². The number of hydrogen-bond donors (Lipinski definition) is 1. The Hall–Kier alpha value is -3.94. The number of ether oxygens (including phenoxy) is 3. The molecule has 1 aromatic carbocycles. The molecule has 8 heteroatoms. The monoisotopic (exact) mass is 490 g/mol. The zero-order chi connectivity index (χ0) is 25.8. The van der Waals surface area contributed by atoms with Crippen LogP contribution in [0.15, 0.2) is 71.2 Å². The fourth-order valence-corrected chi connectivity index (χ4v) is 5.04. The SMILES string of the molecule is CCOC(=O)C1=C(C)NC2=C(C(=O)[C@H](C(=O)OCC)[C@@H](c3cccc(OC)c3)C2)[C@H]1c1ccccn1. The van der Waals surface area contributed by atoms with Crippen molar-refractivity contribution in [3.8, 4) is 5.75 Å². The van der Waals surface area contributed by atoms with Crippen LogP contribution in [0, 0.1) is 5.92 Å². The van der Waals surface area contributed by atoms with E-state index < -0.39 is 29.7 Å². The zero-order valence-corrected chi connectivity index (χ0v) is 20.9. The molecule has 0 fully saturated rings. The minimum atomic E-state index is -1.08.